The summed E-state index contributed by atoms with van der Waals surface area (Å²) in [4.78, 5) is 26.3. The van der Waals surface area contributed by atoms with Crippen LogP contribution < -0.4 is 70.7 Å². The van der Waals surface area contributed by atoms with Crippen molar-refractivity contribution in [2.24, 2.45) is 0 Å². The van der Waals surface area contributed by atoms with Gasteiger partial charge in [0, 0.05) is 158 Å². The van der Waals surface area contributed by atoms with Gasteiger partial charge in [0.25, 0.3) is 0 Å². The van der Waals surface area contributed by atoms with Crippen molar-refractivity contribution >= 4 is 0 Å². The van der Waals surface area contributed by atoms with Crippen LogP contribution in [0.2, 0.25) is 0 Å². The van der Waals surface area contributed by atoms with Gasteiger partial charge in [0.2, 0.25) is 17.6 Å². The van der Waals surface area contributed by atoms with Crippen LogP contribution in [0.1, 0.15) is 152 Å². The maximum Gasteiger partial charge on any atom is 1.00 e. The minimum atomic E-state index is -0.245. The zero-order chi connectivity index (χ0) is 52.3. The maximum absolute atomic E-state index is 10.9. The number of nitrogens with zero attached hydrogens (tertiary/aromatic N) is 8. The number of rotatable bonds is 6. The largest absolute Gasteiger partial charge is 1.00 e. The summed E-state index contributed by atoms with van der Waals surface area (Å²) >= 11 is 0. The van der Waals surface area contributed by atoms with E-state index < -0.39 is 0 Å². The normalized spacial score (nSPS) is 28.1. The summed E-state index contributed by atoms with van der Waals surface area (Å²) in [6.45, 7) is 22.0. The average molecular weight is 1340 g/mol. The number of pyridine rings is 4. The summed E-state index contributed by atoms with van der Waals surface area (Å²) in [6, 6.07) is 29.1. The molecule has 75 heavy (non-hydrogen) atoms. The zero-order valence-corrected chi connectivity index (χ0v) is 56.6. The van der Waals surface area contributed by atoms with E-state index in [1.54, 1.807) is 24.8 Å². The van der Waals surface area contributed by atoms with Crippen LogP contribution in [-0.4, -0.2) is 140 Å². The number of fused-ring (bicyclic) bond motifs is 8. The summed E-state index contributed by atoms with van der Waals surface area (Å²) in [5.41, 5.74) is 1.07. The molecule has 16 rings (SSSR count). The fourth-order valence-electron chi connectivity index (χ4n) is 10.6. The van der Waals surface area contributed by atoms with Crippen LogP contribution >= 0.6 is 0 Å². The van der Waals surface area contributed by atoms with Crippen LogP contribution in [0.15, 0.2) is 97.6 Å². The van der Waals surface area contributed by atoms with Crippen molar-refractivity contribution in [1.29, 1.82) is 0 Å². The molecule has 0 spiro atoms. The van der Waals surface area contributed by atoms with Crippen molar-refractivity contribution in [1.82, 2.24) is 39.5 Å². The molecule has 8 atom stereocenters. The molecule has 8 saturated heterocycles. The van der Waals surface area contributed by atoms with Crippen LogP contribution in [0.3, 0.4) is 0 Å². The second-order valence-electron chi connectivity index (χ2n) is 18.5. The van der Waals surface area contributed by atoms with Crippen molar-refractivity contribution in [3.63, 3.8) is 0 Å². The summed E-state index contributed by atoms with van der Waals surface area (Å²) in [6.07, 6.45) is 22.1. The predicted molar refractivity (Wildman–Crippen MR) is 292 cm³/mol. The Hall–Kier alpha value is -0.577. The first kappa shape index (κ1) is 76.5. The van der Waals surface area contributed by atoms with Crippen LogP contribution in [0, 0.1) is 6.92 Å². The molecule has 4 aliphatic carbocycles. The first-order valence-electron chi connectivity index (χ1n) is 27.8. The molecule has 8 aliphatic heterocycles. The summed E-state index contributed by atoms with van der Waals surface area (Å²) in [5.74, 6) is 2.31. The van der Waals surface area contributed by atoms with Crippen LogP contribution in [-0.2, 0) is 61.3 Å². The first-order chi connectivity index (χ1) is 34.6. The fourth-order valence-corrected chi connectivity index (χ4v) is 10.6. The van der Waals surface area contributed by atoms with Gasteiger partial charge >= 0.3 is 51.4 Å². The van der Waals surface area contributed by atoms with E-state index in [0.717, 1.165) is 111 Å². The molecule has 12 heterocycles. The molecular weight excluding hydrogens is 1240 g/mol. The van der Waals surface area contributed by atoms with Gasteiger partial charge in [-0.05, 0) is 142 Å². The zero-order valence-electron chi connectivity index (χ0n) is 48.8. The Kier molecular flexibility index (Phi) is 44.1. The summed E-state index contributed by atoms with van der Waals surface area (Å²) in [5, 5.41) is 10.9. The van der Waals surface area contributed by atoms with Gasteiger partial charge in [-0.1, -0.05) is 93.5 Å². The Morgan fingerprint density at radius 3 is 0.747 bits per heavy atom. The average Bonchev–Trinajstić information content (AvgIpc) is 3.45. The molecule has 428 valence electrons. The number of aromatic nitrogens is 4. The molecule has 4 saturated carbocycles. The smallest absolute Gasteiger partial charge is 0.852 e. The van der Waals surface area contributed by atoms with Crippen molar-refractivity contribution in [2.45, 2.75) is 226 Å². The molecule has 0 aromatic carbocycles. The maximum atomic E-state index is 10.9. The van der Waals surface area contributed by atoms with Crippen LogP contribution in [0.4, 0.5) is 0 Å². The minimum Gasteiger partial charge on any atom is -0.852 e. The van der Waals surface area contributed by atoms with Gasteiger partial charge in [-0.25, -0.2) is 15.0 Å². The molecule has 12 fully saturated rings. The first-order valence-corrected chi connectivity index (χ1v) is 27.8. The summed E-state index contributed by atoms with van der Waals surface area (Å²) < 4.78 is 17.6. The van der Waals surface area contributed by atoms with E-state index in [1.807, 2.05) is 149 Å². The van der Waals surface area contributed by atoms with E-state index in [4.69, 9.17) is 14.2 Å². The van der Waals surface area contributed by atoms with E-state index in [1.165, 1.54) is 25.7 Å². The topological polar surface area (TPSA) is 115 Å². The molecule has 0 radical (unpaired) electrons. The minimum absolute atomic E-state index is 0. The fraction of sp³-hybridized carbons (Fsp3) is 0.661. The Bertz CT molecular complexity index is 1720. The van der Waals surface area contributed by atoms with E-state index in [9.17, 15) is 5.11 Å². The predicted octanol–water partition coefficient (Wildman–Crippen LogP) is 8.19. The SMILES string of the molecule is CC.CC.CC.CC.CC.CN1C2CC(Oc3ccccn3)CC1C2.CN1C2CC(Oc3ccccn3)CC1C2.CN1C2CC(Oc3ccccn3)CC1C2.CN1C2CC([O-])CC1C2.Cc1ccccn1.[K+].[Pd].[Pd].[Pd]. The van der Waals surface area contributed by atoms with E-state index in [2.05, 4.69) is 67.7 Å². The van der Waals surface area contributed by atoms with Gasteiger partial charge in [0.05, 0.1) is 0 Å². The Balaban J connectivity index is 0. The van der Waals surface area contributed by atoms with Crippen LogP contribution in [0.25, 0.3) is 0 Å². The van der Waals surface area contributed by atoms with E-state index >= 15 is 0 Å². The molecule has 16 heteroatoms. The molecule has 12 nitrogen and oxygen atoms in total. The van der Waals surface area contributed by atoms with Crippen molar-refractivity contribution in [2.75, 3.05) is 28.2 Å². The Morgan fingerprint density at radius 1 is 0.360 bits per heavy atom. The summed E-state index contributed by atoms with van der Waals surface area (Å²) in [7, 11) is 8.78. The molecule has 0 N–H and O–H groups in total. The number of ether oxygens (including phenoxy) is 3. The third kappa shape index (κ3) is 24.6. The standard InChI is InChI=1S/3C12H16N2O.C7H12NO.C6H7N.5C2H6.K.3Pd/c3*1-14-9-6-10(14)8-11(7-9)15-12-4-2-3-5-13-12;1-8-5-2-6(8)4-7(9)3-5;1-6-4-2-3-5-7-6;5*1-2;;;;/h3*2-5,9-11H,6-8H2,1H3;5-7H,2-4H2,1H3;2-5H,1H3;5*1-2H3;;;;/q;;;-1;;;;;;;+1;;;. The number of hydrogen-bond acceptors (Lipinski definition) is 12. The molecule has 4 aromatic rings. The molecule has 12 aliphatic rings. The third-order valence-corrected chi connectivity index (χ3v) is 14.7. The van der Waals surface area contributed by atoms with E-state index in [0.29, 0.717) is 30.4 Å². The van der Waals surface area contributed by atoms with Crippen molar-refractivity contribution in [3.05, 3.63) is 103 Å². The molecule has 8 unspecified atom stereocenters. The number of hydrogen-bond donors (Lipinski definition) is 0. The van der Waals surface area contributed by atoms with Crippen molar-refractivity contribution in [3.8, 4) is 17.6 Å². The van der Waals surface area contributed by atoms with Crippen LogP contribution in [0.5, 0.6) is 17.6 Å². The Morgan fingerprint density at radius 2 is 0.587 bits per heavy atom. The number of piperidine rings is 4. The second-order valence-corrected chi connectivity index (χ2v) is 18.5. The Labute approximate surface area is 540 Å². The molecule has 8 bridgehead atoms. The van der Waals surface area contributed by atoms with Gasteiger partial charge in [-0.3, -0.25) is 4.98 Å². The third-order valence-electron chi connectivity index (χ3n) is 14.7. The molecule has 0 amide bonds. The van der Waals surface area contributed by atoms with Gasteiger partial charge < -0.3 is 38.9 Å². The monoisotopic (exact) mass is 1340 g/mol. The number of aryl methyl sites for hydroxylation is 1. The van der Waals surface area contributed by atoms with Gasteiger partial charge in [-0.15, -0.1) is 6.10 Å². The van der Waals surface area contributed by atoms with Gasteiger partial charge in [-0.2, -0.15) is 0 Å². The van der Waals surface area contributed by atoms with Gasteiger partial charge in [0.1, 0.15) is 18.3 Å². The van der Waals surface area contributed by atoms with Gasteiger partial charge in [0.15, 0.2) is 0 Å². The molecular formula is C59H97KN8O4Pd3. The second kappa shape index (κ2) is 43.2. The van der Waals surface area contributed by atoms with Crippen molar-refractivity contribution < 1.29 is 132 Å². The quantitative estimate of drug-likeness (QED) is 0.174. The molecule has 4 aromatic heterocycles. The van der Waals surface area contributed by atoms with E-state index in [-0.39, 0.29) is 119 Å².